The molecule has 2 N–H and O–H groups in total. The molecular weight excluding hydrogens is 140 g/mol. The minimum Gasteiger partial charge on any atom is -0.396 e. The van der Waals surface area contributed by atoms with E-state index in [1.165, 1.54) is 6.42 Å². The number of aliphatic hydroxyl groups excluding tert-OH is 1. The molecule has 0 bridgehead atoms. The molecule has 3 nitrogen and oxygen atoms in total. The lowest BCUT2D eigenvalue weighted by atomic mass is 10.2. The molecule has 0 aromatic carbocycles. The van der Waals surface area contributed by atoms with Crippen LogP contribution in [0.5, 0.6) is 0 Å². The lowest BCUT2D eigenvalue weighted by molar-refractivity contribution is 0.194. The fourth-order valence-electron chi connectivity index (χ4n) is 1.53. The Bertz CT molecular complexity index is 108. The molecule has 0 aromatic rings. The van der Waals surface area contributed by atoms with Gasteiger partial charge in [-0.1, -0.05) is 0 Å². The lowest BCUT2D eigenvalue weighted by Gasteiger charge is -2.24. The Morgan fingerprint density at radius 3 is 3.18 bits per heavy atom. The summed E-state index contributed by atoms with van der Waals surface area (Å²) in [5, 5.41) is 12.1. The summed E-state index contributed by atoms with van der Waals surface area (Å²) in [6.07, 6.45) is 2.11. The fourth-order valence-corrected chi connectivity index (χ4v) is 1.53. The van der Waals surface area contributed by atoms with Crippen LogP contribution in [0, 0.1) is 0 Å². The van der Waals surface area contributed by atoms with Crippen molar-refractivity contribution >= 4 is 0 Å². The molecule has 1 saturated heterocycles. The molecule has 1 unspecified atom stereocenters. The molecule has 1 fully saturated rings. The maximum Gasteiger partial charge on any atom is 0.0446 e. The second kappa shape index (κ2) is 4.70. The van der Waals surface area contributed by atoms with Crippen molar-refractivity contribution < 1.29 is 5.11 Å². The summed E-state index contributed by atoms with van der Waals surface area (Å²) in [6.45, 7) is 3.59. The van der Waals surface area contributed by atoms with Crippen LogP contribution in [-0.4, -0.2) is 49.3 Å². The van der Waals surface area contributed by atoms with Crippen LogP contribution in [0.4, 0.5) is 0 Å². The maximum absolute atomic E-state index is 8.77. The highest BCUT2D eigenvalue weighted by Gasteiger charge is 2.15. The third kappa shape index (κ3) is 2.77. The number of hydrogen-bond acceptors (Lipinski definition) is 3. The molecule has 0 amide bonds. The normalized spacial score (nSPS) is 28.4. The summed E-state index contributed by atoms with van der Waals surface area (Å²) in [4.78, 5) is 2.33. The highest BCUT2D eigenvalue weighted by atomic mass is 16.3. The van der Waals surface area contributed by atoms with Crippen LogP contribution in [0.15, 0.2) is 0 Å². The molecule has 1 aliphatic rings. The second-order valence-electron chi connectivity index (χ2n) is 3.20. The summed E-state index contributed by atoms with van der Waals surface area (Å²) in [5.74, 6) is 0. The Hall–Kier alpha value is -0.120. The van der Waals surface area contributed by atoms with Gasteiger partial charge in [0, 0.05) is 19.2 Å². The quantitative estimate of drug-likeness (QED) is 0.577. The molecule has 1 rings (SSSR count). The van der Waals surface area contributed by atoms with Crippen molar-refractivity contribution in [3.8, 4) is 0 Å². The highest BCUT2D eigenvalue weighted by molar-refractivity contribution is 4.74. The Morgan fingerprint density at radius 1 is 1.64 bits per heavy atom. The van der Waals surface area contributed by atoms with Gasteiger partial charge in [0.2, 0.25) is 0 Å². The van der Waals surface area contributed by atoms with Gasteiger partial charge in [-0.25, -0.2) is 0 Å². The lowest BCUT2D eigenvalue weighted by Crippen LogP contribution is -2.37. The van der Waals surface area contributed by atoms with Gasteiger partial charge in [-0.15, -0.1) is 0 Å². The predicted octanol–water partition coefficient (Wildman–Crippen LogP) is -0.337. The van der Waals surface area contributed by atoms with Gasteiger partial charge in [0.15, 0.2) is 0 Å². The fraction of sp³-hybridized carbons (Fsp3) is 1.00. The minimum absolute atomic E-state index is 0.302. The van der Waals surface area contributed by atoms with Gasteiger partial charge in [-0.05, 0) is 33.0 Å². The van der Waals surface area contributed by atoms with Crippen molar-refractivity contribution in [2.75, 3.05) is 33.3 Å². The zero-order chi connectivity index (χ0) is 8.10. The van der Waals surface area contributed by atoms with E-state index in [0.717, 1.165) is 26.1 Å². The van der Waals surface area contributed by atoms with E-state index >= 15 is 0 Å². The summed E-state index contributed by atoms with van der Waals surface area (Å²) in [7, 11) is 2.13. The van der Waals surface area contributed by atoms with Gasteiger partial charge >= 0.3 is 0 Å². The Labute approximate surface area is 68.4 Å². The van der Waals surface area contributed by atoms with Crippen LogP contribution in [-0.2, 0) is 0 Å². The van der Waals surface area contributed by atoms with Crippen molar-refractivity contribution in [1.29, 1.82) is 0 Å². The van der Waals surface area contributed by atoms with Crippen LogP contribution in [0.3, 0.4) is 0 Å². The van der Waals surface area contributed by atoms with E-state index in [2.05, 4.69) is 17.3 Å². The molecule has 0 aromatic heterocycles. The number of rotatable bonds is 2. The molecule has 3 heteroatoms. The van der Waals surface area contributed by atoms with Gasteiger partial charge in [-0.2, -0.15) is 0 Å². The van der Waals surface area contributed by atoms with E-state index in [9.17, 15) is 0 Å². The Morgan fingerprint density at radius 2 is 2.45 bits per heavy atom. The summed E-state index contributed by atoms with van der Waals surface area (Å²) < 4.78 is 0. The molecule has 1 atom stereocenters. The largest absolute Gasteiger partial charge is 0.396 e. The molecule has 0 spiro atoms. The first-order chi connectivity index (χ1) is 5.34. The average molecular weight is 158 g/mol. The third-order valence-electron chi connectivity index (χ3n) is 2.33. The highest BCUT2D eigenvalue weighted by Crippen LogP contribution is 2.03. The third-order valence-corrected chi connectivity index (χ3v) is 2.33. The van der Waals surface area contributed by atoms with E-state index in [-0.39, 0.29) is 0 Å². The SMILES string of the molecule is CN1CCCNCC1CCO. The molecule has 11 heavy (non-hydrogen) atoms. The van der Waals surface area contributed by atoms with Crippen molar-refractivity contribution in [2.45, 2.75) is 18.9 Å². The van der Waals surface area contributed by atoms with Crippen molar-refractivity contribution in [2.24, 2.45) is 0 Å². The van der Waals surface area contributed by atoms with Crippen molar-refractivity contribution in [3.63, 3.8) is 0 Å². The number of nitrogens with one attached hydrogen (secondary N) is 1. The van der Waals surface area contributed by atoms with Crippen molar-refractivity contribution in [3.05, 3.63) is 0 Å². The maximum atomic E-state index is 8.77. The molecule has 0 aliphatic carbocycles. The Balaban J connectivity index is 2.32. The zero-order valence-electron chi connectivity index (χ0n) is 7.21. The van der Waals surface area contributed by atoms with Crippen LogP contribution >= 0.6 is 0 Å². The van der Waals surface area contributed by atoms with E-state index < -0.39 is 0 Å². The van der Waals surface area contributed by atoms with E-state index in [1.54, 1.807) is 0 Å². The molecule has 1 aliphatic heterocycles. The molecule has 66 valence electrons. The first-order valence-electron chi connectivity index (χ1n) is 4.36. The van der Waals surface area contributed by atoms with Gasteiger partial charge in [-0.3, -0.25) is 0 Å². The summed E-state index contributed by atoms with van der Waals surface area (Å²) >= 11 is 0. The molecular formula is C8H18N2O. The van der Waals surface area contributed by atoms with Gasteiger partial charge < -0.3 is 15.3 Å². The van der Waals surface area contributed by atoms with E-state index in [0.29, 0.717) is 12.6 Å². The summed E-state index contributed by atoms with van der Waals surface area (Å²) in [6, 6.07) is 0.530. The zero-order valence-corrected chi connectivity index (χ0v) is 7.21. The molecule has 0 saturated carbocycles. The summed E-state index contributed by atoms with van der Waals surface area (Å²) in [5.41, 5.74) is 0. The van der Waals surface area contributed by atoms with Gasteiger partial charge in [0.25, 0.3) is 0 Å². The monoisotopic (exact) mass is 158 g/mol. The van der Waals surface area contributed by atoms with E-state index in [4.69, 9.17) is 5.11 Å². The number of nitrogens with zero attached hydrogens (tertiary/aromatic N) is 1. The van der Waals surface area contributed by atoms with Crippen molar-refractivity contribution in [1.82, 2.24) is 10.2 Å². The van der Waals surface area contributed by atoms with Crippen LogP contribution in [0.2, 0.25) is 0 Å². The standard InChI is InChI=1S/C8H18N2O/c1-10-5-2-4-9-7-8(10)3-6-11/h8-9,11H,2-7H2,1H3. The topological polar surface area (TPSA) is 35.5 Å². The number of aliphatic hydroxyl groups is 1. The average Bonchev–Trinajstić information content (AvgIpc) is 2.18. The number of hydrogen-bond donors (Lipinski definition) is 2. The van der Waals surface area contributed by atoms with Crippen LogP contribution in [0.1, 0.15) is 12.8 Å². The first kappa shape index (κ1) is 8.97. The first-order valence-corrected chi connectivity index (χ1v) is 4.36. The second-order valence-corrected chi connectivity index (χ2v) is 3.20. The van der Waals surface area contributed by atoms with Gasteiger partial charge in [0.05, 0.1) is 0 Å². The van der Waals surface area contributed by atoms with Gasteiger partial charge in [0.1, 0.15) is 0 Å². The minimum atomic E-state index is 0.302. The number of likely N-dealkylation sites (N-methyl/N-ethyl adjacent to an activating group) is 1. The Kier molecular flexibility index (Phi) is 3.83. The molecule has 1 heterocycles. The van der Waals surface area contributed by atoms with Crippen LogP contribution in [0.25, 0.3) is 0 Å². The van der Waals surface area contributed by atoms with Crippen LogP contribution < -0.4 is 5.32 Å². The van der Waals surface area contributed by atoms with E-state index in [1.807, 2.05) is 0 Å². The predicted molar refractivity (Wildman–Crippen MR) is 45.6 cm³/mol. The molecule has 0 radical (unpaired) electrons. The smallest absolute Gasteiger partial charge is 0.0446 e.